The van der Waals surface area contributed by atoms with Crippen LogP contribution in [0.15, 0.2) is 24.3 Å². The number of carbonyl (C=O) groups excluding carboxylic acids is 1. The minimum absolute atomic E-state index is 0.00250. The Morgan fingerprint density at radius 1 is 1.53 bits per heavy atom. The molecule has 1 heterocycles. The van der Waals surface area contributed by atoms with Gasteiger partial charge in [-0.2, -0.15) is 0 Å². The molecule has 1 aliphatic rings. The molecule has 19 heavy (non-hydrogen) atoms. The maximum Gasteiger partial charge on any atom is 0.261 e. The Balaban J connectivity index is 1.71. The molecule has 104 valence electrons. The molecular formula is C15H20BrNO2. The molecule has 2 atom stereocenters. The lowest BCUT2D eigenvalue weighted by Gasteiger charge is -2.12. The van der Waals surface area contributed by atoms with Crippen LogP contribution in [0.3, 0.4) is 0 Å². The molecule has 4 heteroatoms. The van der Waals surface area contributed by atoms with Gasteiger partial charge < -0.3 is 10.1 Å². The number of amides is 1. The van der Waals surface area contributed by atoms with Crippen LogP contribution in [0.4, 0.5) is 0 Å². The van der Waals surface area contributed by atoms with E-state index in [-0.39, 0.29) is 12.0 Å². The third-order valence-electron chi connectivity index (χ3n) is 3.38. The Labute approximate surface area is 122 Å². The third kappa shape index (κ3) is 3.96. The van der Waals surface area contributed by atoms with Crippen molar-refractivity contribution in [3.63, 3.8) is 0 Å². The van der Waals surface area contributed by atoms with Crippen LogP contribution in [-0.2, 0) is 11.2 Å². The first kappa shape index (κ1) is 14.4. The van der Waals surface area contributed by atoms with Gasteiger partial charge in [0.25, 0.3) is 5.91 Å². The Kier molecular flexibility index (Phi) is 5.25. The molecular weight excluding hydrogens is 306 g/mol. The third-order valence-corrected chi connectivity index (χ3v) is 4.48. The molecule has 0 aromatic heterocycles. The van der Waals surface area contributed by atoms with Crippen LogP contribution in [0.1, 0.15) is 25.3 Å². The van der Waals surface area contributed by atoms with Crippen molar-refractivity contribution in [1.29, 1.82) is 0 Å². The molecule has 0 radical (unpaired) electrons. The molecule has 1 aliphatic heterocycles. The van der Waals surface area contributed by atoms with Crippen LogP contribution < -0.4 is 10.1 Å². The monoisotopic (exact) mass is 325 g/mol. The second-order valence-corrected chi connectivity index (χ2v) is 5.76. The van der Waals surface area contributed by atoms with Gasteiger partial charge in [0.2, 0.25) is 0 Å². The number of benzene rings is 1. The van der Waals surface area contributed by atoms with Gasteiger partial charge in [0.15, 0.2) is 6.10 Å². The van der Waals surface area contributed by atoms with Gasteiger partial charge in [-0.15, -0.1) is 0 Å². The van der Waals surface area contributed by atoms with Gasteiger partial charge in [-0.1, -0.05) is 41.1 Å². The maximum absolute atomic E-state index is 12.0. The molecule has 0 saturated heterocycles. The standard InChI is InChI=1S/C15H20BrNO2/c1-11(10-16)5-4-8-17-15(18)14-9-12-6-2-3-7-13(12)19-14/h2-3,6-7,11,14H,4-5,8-10H2,1H3,(H,17,18). The van der Waals surface area contributed by atoms with E-state index in [1.54, 1.807) is 0 Å². The lowest BCUT2D eigenvalue weighted by atomic mass is 10.1. The van der Waals surface area contributed by atoms with E-state index in [0.717, 1.165) is 36.0 Å². The highest BCUT2D eigenvalue weighted by Gasteiger charge is 2.28. The van der Waals surface area contributed by atoms with Crippen LogP contribution in [0.5, 0.6) is 5.75 Å². The van der Waals surface area contributed by atoms with Crippen LogP contribution in [0.25, 0.3) is 0 Å². The van der Waals surface area contributed by atoms with Crippen molar-refractivity contribution < 1.29 is 9.53 Å². The van der Waals surface area contributed by atoms with Crippen molar-refractivity contribution >= 4 is 21.8 Å². The van der Waals surface area contributed by atoms with Gasteiger partial charge in [-0.25, -0.2) is 0 Å². The quantitative estimate of drug-likeness (QED) is 0.645. The van der Waals surface area contributed by atoms with Crippen molar-refractivity contribution in [2.45, 2.75) is 32.3 Å². The fourth-order valence-corrected chi connectivity index (χ4v) is 2.51. The molecule has 0 fully saturated rings. The van der Waals surface area contributed by atoms with Gasteiger partial charge in [0.05, 0.1) is 0 Å². The number of ether oxygens (including phenoxy) is 1. The van der Waals surface area contributed by atoms with Crippen molar-refractivity contribution in [2.24, 2.45) is 5.92 Å². The number of fused-ring (bicyclic) bond motifs is 1. The van der Waals surface area contributed by atoms with Gasteiger partial charge >= 0.3 is 0 Å². The molecule has 1 amide bonds. The highest BCUT2D eigenvalue weighted by Crippen LogP contribution is 2.28. The average molecular weight is 326 g/mol. The number of carbonyl (C=O) groups is 1. The van der Waals surface area contributed by atoms with Crippen LogP contribution in [0, 0.1) is 5.92 Å². The molecule has 3 nitrogen and oxygen atoms in total. The molecule has 2 rings (SSSR count). The van der Waals surface area contributed by atoms with Crippen molar-refractivity contribution in [3.8, 4) is 5.75 Å². The largest absolute Gasteiger partial charge is 0.480 e. The van der Waals surface area contributed by atoms with E-state index < -0.39 is 0 Å². The van der Waals surface area contributed by atoms with Gasteiger partial charge in [0, 0.05) is 18.3 Å². The molecule has 0 bridgehead atoms. The van der Waals surface area contributed by atoms with Crippen LogP contribution >= 0.6 is 15.9 Å². The van der Waals surface area contributed by atoms with E-state index in [1.807, 2.05) is 24.3 Å². The fraction of sp³-hybridized carbons (Fsp3) is 0.533. The van der Waals surface area contributed by atoms with E-state index in [2.05, 4.69) is 28.2 Å². The lowest BCUT2D eigenvalue weighted by molar-refractivity contribution is -0.127. The van der Waals surface area contributed by atoms with Crippen LogP contribution in [0.2, 0.25) is 0 Å². The smallest absolute Gasteiger partial charge is 0.261 e. The average Bonchev–Trinajstić information content (AvgIpc) is 2.87. The zero-order chi connectivity index (χ0) is 13.7. The highest BCUT2D eigenvalue weighted by molar-refractivity contribution is 9.09. The fourth-order valence-electron chi connectivity index (χ4n) is 2.18. The normalized spacial score (nSPS) is 18.5. The molecule has 2 unspecified atom stereocenters. The van der Waals surface area contributed by atoms with E-state index in [1.165, 1.54) is 0 Å². The summed E-state index contributed by atoms with van der Waals surface area (Å²) in [6.07, 6.45) is 2.46. The van der Waals surface area contributed by atoms with Crippen molar-refractivity contribution in [1.82, 2.24) is 5.32 Å². The Bertz CT molecular complexity index is 411. The first-order valence-electron chi connectivity index (χ1n) is 6.79. The van der Waals surface area contributed by atoms with Gasteiger partial charge in [-0.3, -0.25) is 4.79 Å². The highest BCUT2D eigenvalue weighted by atomic mass is 79.9. The summed E-state index contributed by atoms with van der Waals surface area (Å²) in [7, 11) is 0. The summed E-state index contributed by atoms with van der Waals surface area (Å²) in [6.45, 7) is 2.93. The summed E-state index contributed by atoms with van der Waals surface area (Å²) in [5, 5.41) is 3.98. The molecule has 1 aromatic rings. The van der Waals surface area contributed by atoms with Gasteiger partial charge in [-0.05, 0) is 30.4 Å². The summed E-state index contributed by atoms with van der Waals surface area (Å²) in [5.74, 6) is 1.50. The molecule has 1 aromatic carbocycles. The van der Waals surface area contributed by atoms with Crippen LogP contribution in [-0.4, -0.2) is 23.9 Å². The number of halogens is 1. The SMILES string of the molecule is CC(CBr)CCCNC(=O)C1Cc2ccccc2O1. The predicted octanol–water partition coefficient (Wildman–Crippen LogP) is 2.92. The molecule has 0 aliphatic carbocycles. The Morgan fingerprint density at radius 3 is 3.05 bits per heavy atom. The second-order valence-electron chi connectivity index (χ2n) is 5.11. The number of rotatable bonds is 6. The second kappa shape index (κ2) is 6.94. The Morgan fingerprint density at radius 2 is 2.32 bits per heavy atom. The number of alkyl halides is 1. The topological polar surface area (TPSA) is 38.3 Å². The molecule has 0 spiro atoms. The number of para-hydroxylation sites is 1. The lowest BCUT2D eigenvalue weighted by Crippen LogP contribution is -2.37. The minimum atomic E-state index is -0.356. The zero-order valence-corrected chi connectivity index (χ0v) is 12.8. The van der Waals surface area contributed by atoms with E-state index in [4.69, 9.17) is 4.74 Å². The first-order valence-corrected chi connectivity index (χ1v) is 7.91. The van der Waals surface area contributed by atoms with E-state index in [0.29, 0.717) is 12.3 Å². The van der Waals surface area contributed by atoms with E-state index in [9.17, 15) is 4.79 Å². The summed E-state index contributed by atoms with van der Waals surface area (Å²) >= 11 is 3.46. The maximum atomic E-state index is 12.0. The zero-order valence-electron chi connectivity index (χ0n) is 11.2. The van der Waals surface area contributed by atoms with Crippen molar-refractivity contribution in [2.75, 3.05) is 11.9 Å². The first-order chi connectivity index (χ1) is 9.20. The molecule has 1 N–H and O–H groups in total. The van der Waals surface area contributed by atoms with Crippen molar-refractivity contribution in [3.05, 3.63) is 29.8 Å². The van der Waals surface area contributed by atoms with E-state index >= 15 is 0 Å². The summed E-state index contributed by atoms with van der Waals surface area (Å²) in [4.78, 5) is 12.0. The number of nitrogens with one attached hydrogen (secondary N) is 1. The predicted molar refractivity (Wildman–Crippen MR) is 79.8 cm³/mol. The minimum Gasteiger partial charge on any atom is -0.480 e. The Hall–Kier alpha value is -1.03. The number of hydrogen-bond acceptors (Lipinski definition) is 2. The van der Waals surface area contributed by atoms with Gasteiger partial charge in [0.1, 0.15) is 5.75 Å². The molecule has 0 saturated carbocycles. The number of hydrogen-bond donors (Lipinski definition) is 1. The summed E-state index contributed by atoms with van der Waals surface area (Å²) in [5.41, 5.74) is 1.12. The summed E-state index contributed by atoms with van der Waals surface area (Å²) < 4.78 is 5.65. The summed E-state index contributed by atoms with van der Waals surface area (Å²) in [6, 6.07) is 7.84.